The topological polar surface area (TPSA) is 60.1 Å². The molecule has 0 aliphatic heterocycles. The summed E-state index contributed by atoms with van der Waals surface area (Å²) in [5.74, 6) is 0.433. The van der Waals surface area contributed by atoms with E-state index in [4.69, 9.17) is 4.42 Å². The van der Waals surface area contributed by atoms with Gasteiger partial charge in [-0.25, -0.2) is 9.78 Å². The largest absolute Gasteiger partial charge is 0.420 e. The van der Waals surface area contributed by atoms with E-state index in [0.717, 1.165) is 16.9 Å². The van der Waals surface area contributed by atoms with Crippen LogP contribution in [-0.2, 0) is 6.54 Å². The number of benzene rings is 1. The van der Waals surface area contributed by atoms with E-state index in [-0.39, 0.29) is 5.76 Å². The molecule has 0 saturated heterocycles. The Bertz CT molecular complexity index is 773. The van der Waals surface area contributed by atoms with Gasteiger partial charge in [-0.1, -0.05) is 12.1 Å². The Morgan fingerprint density at radius 2 is 2.16 bits per heavy atom. The van der Waals surface area contributed by atoms with E-state index in [2.05, 4.69) is 10.3 Å². The van der Waals surface area contributed by atoms with Crippen LogP contribution in [0.25, 0.3) is 11.1 Å². The molecule has 0 radical (unpaired) electrons. The number of hydrogen-bond donors (Lipinski definition) is 1. The van der Waals surface area contributed by atoms with Crippen molar-refractivity contribution in [3.8, 4) is 0 Å². The van der Waals surface area contributed by atoms with Crippen LogP contribution in [-0.4, -0.2) is 16.6 Å². The fourth-order valence-corrected chi connectivity index (χ4v) is 2.06. The number of hydrogen-bond acceptors (Lipinski definition) is 4. The van der Waals surface area contributed by atoms with E-state index in [0.29, 0.717) is 12.1 Å². The zero-order chi connectivity index (χ0) is 13.2. The minimum Gasteiger partial charge on any atom is -0.408 e. The number of aromatic nitrogens is 2. The number of para-hydroxylation sites is 2. The first-order chi connectivity index (χ1) is 9.28. The van der Waals surface area contributed by atoms with Crippen LogP contribution in [0.1, 0.15) is 5.56 Å². The Labute approximate surface area is 109 Å². The van der Waals surface area contributed by atoms with Gasteiger partial charge in [0.05, 0.1) is 12.1 Å². The maximum atomic E-state index is 11.9. The third-order valence-corrected chi connectivity index (χ3v) is 2.99. The number of oxazole rings is 1. The number of anilines is 1. The molecule has 0 amide bonds. The summed E-state index contributed by atoms with van der Waals surface area (Å²) in [7, 11) is 1.81. The van der Waals surface area contributed by atoms with Gasteiger partial charge in [0.1, 0.15) is 5.82 Å². The summed E-state index contributed by atoms with van der Waals surface area (Å²) < 4.78 is 6.82. The Kier molecular flexibility index (Phi) is 2.79. The molecule has 19 heavy (non-hydrogen) atoms. The van der Waals surface area contributed by atoms with Gasteiger partial charge >= 0.3 is 5.76 Å². The number of fused-ring (bicyclic) bond motifs is 1. The Morgan fingerprint density at radius 3 is 3.00 bits per heavy atom. The van der Waals surface area contributed by atoms with Crippen molar-refractivity contribution in [3.63, 3.8) is 0 Å². The third-order valence-electron chi connectivity index (χ3n) is 2.99. The predicted molar refractivity (Wildman–Crippen MR) is 73.4 cm³/mol. The number of rotatable bonds is 3. The first kappa shape index (κ1) is 11.5. The maximum Gasteiger partial charge on any atom is 0.420 e. The highest BCUT2D eigenvalue weighted by atomic mass is 16.4. The normalized spacial score (nSPS) is 10.8. The molecule has 0 unspecified atom stereocenters. The van der Waals surface area contributed by atoms with Crippen LogP contribution < -0.4 is 11.1 Å². The van der Waals surface area contributed by atoms with Crippen molar-refractivity contribution in [2.24, 2.45) is 0 Å². The monoisotopic (exact) mass is 255 g/mol. The van der Waals surface area contributed by atoms with Crippen molar-refractivity contribution in [3.05, 3.63) is 58.7 Å². The van der Waals surface area contributed by atoms with Crippen molar-refractivity contribution >= 4 is 16.9 Å². The second kappa shape index (κ2) is 4.61. The van der Waals surface area contributed by atoms with Gasteiger partial charge in [0.25, 0.3) is 0 Å². The van der Waals surface area contributed by atoms with E-state index in [1.54, 1.807) is 16.8 Å². The van der Waals surface area contributed by atoms with E-state index in [1.807, 2.05) is 37.4 Å². The average molecular weight is 255 g/mol. The number of nitrogens with one attached hydrogen (secondary N) is 1. The summed E-state index contributed by atoms with van der Waals surface area (Å²) in [4.78, 5) is 16.0. The van der Waals surface area contributed by atoms with Crippen LogP contribution in [0.4, 0.5) is 5.82 Å². The van der Waals surface area contributed by atoms with Crippen LogP contribution in [0.3, 0.4) is 0 Å². The molecule has 0 atom stereocenters. The van der Waals surface area contributed by atoms with Gasteiger partial charge in [0.15, 0.2) is 5.58 Å². The van der Waals surface area contributed by atoms with Crippen molar-refractivity contribution in [2.45, 2.75) is 6.54 Å². The van der Waals surface area contributed by atoms with Crippen molar-refractivity contribution in [2.75, 3.05) is 12.4 Å². The van der Waals surface area contributed by atoms with Crippen LogP contribution in [0.15, 0.2) is 51.8 Å². The summed E-state index contributed by atoms with van der Waals surface area (Å²) >= 11 is 0. The van der Waals surface area contributed by atoms with Crippen molar-refractivity contribution < 1.29 is 4.42 Å². The van der Waals surface area contributed by atoms with Gasteiger partial charge in [-0.2, -0.15) is 0 Å². The highest BCUT2D eigenvalue weighted by Crippen LogP contribution is 2.14. The molecule has 1 N–H and O–H groups in total. The lowest BCUT2D eigenvalue weighted by Crippen LogP contribution is -2.15. The summed E-state index contributed by atoms with van der Waals surface area (Å²) in [6, 6.07) is 11.2. The molecule has 2 heterocycles. The highest BCUT2D eigenvalue weighted by Gasteiger charge is 2.09. The quantitative estimate of drug-likeness (QED) is 0.778. The second-order valence-electron chi connectivity index (χ2n) is 4.22. The fourth-order valence-electron chi connectivity index (χ4n) is 2.06. The fraction of sp³-hybridized carbons (Fsp3) is 0.143. The molecular formula is C14H13N3O2. The number of nitrogens with zero attached hydrogens (tertiary/aromatic N) is 2. The van der Waals surface area contributed by atoms with Gasteiger partial charge in [0.2, 0.25) is 0 Å². The molecule has 5 heteroatoms. The van der Waals surface area contributed by atoms with Crippen LogP contribution in [0.2, 0.25) is 0 Å². The molecule has 0 bridgehead atoms. The molecule has 1 aromatic carbocycles. The Hall–Kier alpha value is -2.56. The molecular weight excluding hydrogens is 242 g/mol. The smallest absolute Gasteiger partial charge is 0.408 e. The third kappa shape index (κ3) is 2.10. The average Bonchev–Trinajstić information content (AvgIpc) is 2.76. The lowest BCUT2D eigenvalue weighted by molar-refractivity contribution is 0.517. The van der Waals surface area contributed by atoms with E-state index >= 15 is 0 Å². The molecule has 96 valence electrons. The number of pyridine rings is 1. The first-order valence-electron chi connectivity index (χ1n) is 5.99. The molecule has 3 aromatic rings. The molecule has 0 spiro atoms. The first-order valence-corrected chi connectivity index (χ1v) is 5.99. The van der Waals surface area contributed by atoms with Gasteiger partial charge in [-0.3, -0.25) is 4.57 Å². The maximum absolute atomic E-state index is 11.9. The Morgan fingerprint density at radius 1 is 1.32 bits per heavy atom. The van der Waals surface area contributed by atoms with Crippen molar-refractivity contribution in [1.29, 1.82) is 0 Å². The van der Waals surface area contributed by atoms with E-state index in [1.165, 1.54) is 0 Å². The zero-order valence-electron chi connectivity index (χ0n) is 10.5. The molecule has 0 aliphatic rings. The van der Waals surface area contributed by atoms with Gasteiger partial charge in [-0.05, 0) is 29.8 Å². The Balaban J connectivity index is 2.05. The van der Waals surface area contributed by atoms with Gasteiger partial charge < -0.3 is 9.73 Å². The minimum absolute atomic E-state index is 0.344. The van der Waals surface area contributed by atoms with Crippen LogP contribution in [0.5, 0.6) is 0 Å². The molecule has 5 nitrogen and oxygen atoms in total. The summed E-state index contributed by atoms with van der Waals surface area (Å²) in [5.41, 5.74) is 2.40. The lowest BCUT2D eigenvalue weighted by atomic mass is 10.2. The SMILES string of the molecule is CNc1cc(Cn2c(=O)oc3ccccc32)ccn1. The predicted octanol–water partition coefficient (Wildman–Crippen LogP) is 2.08. The summed E-state index contributed by atoms with van der Waals surface area (Å²) in [6.07, 6.45) is 1.72. The van der Waals surface area contributed by atoms with Crippen LogP contribution in [0, 0.1) is 0 Å². The molecule has 0 fully saturated rings. The molecule has 2 aromatic heterocycles. The van der Waals surface area contributed by atoms with Crippen LogP contribution >= 0.6 is 0 Å². The van der Waals surface area contributed by atoms with Crippen molar-refractivity contribution in [1.82, 2.24) is 9.55 Å². The molecule has 3 rings (SSSR count). The standard InChI is InChI=1S/C14H13N3O2/c1-15-13-8-10(6-7-16-13)9-17-11-4-2-3-5-12(11)19-14(17)18/h2-8H,9H2,1H3,(H,15,16). The molecule has 0 aliphatic carbocycles. The lowest BCUT2D eigenvalue weighted by Gasteiger charge is -2.04. The van der Waals surface area contributed by atoms with Gasteiger partial charge in [-0.15, -0.1) is 0 Å². The molecule has 0 saturated carbocycles. The zero-order valence-corrected chi connectivity index (χ0v) is 10.5. The summed E-state index contributed by atoms with van der Waals surface area (Å²) in [5, 5.41) is 2.98. The van der Waals surface area contributed by atoms with E-state index in [9.17, 15) is 4.79 Å². The summed E-state index contributed by atoms with van der Waals surface area (Å²) in [6.45, 7) is 0.465. The minimum atomic E-state index is -0.344. The van der Waals surface area contributed by atoms with Gasteiger partial charge in [0, 0.05) is 13.2 Å². The highest BCUT2D eigenvalue weighted by molar-refractivity contribution is 5.72. The second-order valence-corrected chi connectivity index (χ2v) is 4.22. The van der Waals surface area contributed by atoms with E-state index < -0.39 is 0 Å².